The second kappa shape index (κ2) is 5.72. The van der Waals surface area contributed by atoms with Crippen LogP contribution in [0.2, 0.25) is 0 Å². The molecule has 4 heteroatoms. The maximum absolute atomic E-state index is 12.0. The van der Waals surface area contributed by atoms with E-state index in [4.69, 9.17) is 4.74 Å². The van der Waals surface area contributed by atoms with Crippen LogP contribution in [-0.4, -0.2) is 36.0 Å². The van der Waals surface area contributed by atoms with E-state index >= 15 is 0 Å². The van der Waals surface area contributed by atoms with Crippen molar-refractivity contribution in [2.24, 2.45) is 11.8 Å². The summed E-state index contributed by atoms with van der Waals surface area (Å²) in [5.74, 6) is 0.755. The molecule has 1 heterocycles. The number of ketones is 1. The summed E-state index contributed by atoms with van der Waals surface area (Å²) in [5, 5.41) is 0. The number of carbonyl (C=O) groups excluding carboxylic acids is 2. The summed E-state index contributed by atoms with van der Waals surface area (Å²) in [6.45, 7) is 5.25. The number of likely N-dealkylation sites (tertiary alicyclic amines) is 1. The molecular formula is C14H23NO3. The molecule has 0 aromatic carbocycles. The van der Waals surface area contributed by atoms with Crippen molar-refractivity contribution in [2.45, 2.75) is 52.0 Å². The predicted molar refractivity (Wildman–Crippen MR) is 68.3 cm³/mol. The van der Waals surface area contributed by atoms with Gasteiger partial charge in [-0.15, -0.1) is 0 Å². The van der Waals surface area contributed by atoms with Crippen LogP contribution in [0.15, 0.2) is 0 Å². The fraction of sp³-hybridized carbons (Fsp3) is 0.857. The SMILES string of the molecule is CC(C)COC(=O)N1CCCC1C1CCCC1=O. The highest BCUT2D eigenvalue weighted by Crippen LogP contribution is 2.33. The molecule has 1 saturated carbocycles. The van der Waals surface area contributed by atoms with Crippen LogP contribution in [0.25, 0.3) is 0 Å². The molecule has 0 spiro atoms. The Labute approximate surface area is 109 Å². The van der Waals surface area contributed by atoms with E-state index in [1.54, 1.807) is 4.90 Å². The molecule has 102 valence electrons. The summed E-state index contributed by atoms with van der Waals surface area (Å²) in [6, 6.07) is 0.0969. The van der Waals surface area contributed by atoms with Crippen molar-refractivity contribution in [3.05, 3.63) is 0 Å². The maximum Gasteiger partial charge on any atom is 0.410 e. The number of ether oxygens (including phenoxy) is 1. The van der Waals surface area contributed by atoms with Crippen molar-refractivity contribution in [1.29, 1.82) is 0 Å². The average molecular weight is 253 g/mol. The lowest BCUT2D eigenvalue weighted by molar-refractivity contribution is -0.122. The summed E-state index contributed by atoms with van der Waals surface area (Å²) in [6.07, 6.45) is 4.33. The lowest BCUT2D eigenvalue weighted by atomic mass is 9.95. The lowest BCUT2D eigenvalue weighted by Crippen LogP contribution is -2.42. The average Bonchev–Trinajstić information content (AvgIpc) is 2.93. The van der Waals surface area contributed by atoms with E-state index in [9.17, 15) is 9.59 Å². The number of hydrogen-bond acceptors (Lipinski definition) is 3. The van der Waals surface area contributed by atoms with Crippen LogP contribution in [-0.2, 0) is 9.53 Å². The number of carbonyl (C=O) groups is 2. The van der Waals surface area contributed by atoms with Crippen LogP contribution in [0.4, 0.5) is 4.79 Å². The summed E-state index contributed by atoms with van der Waals surface area (Å²) < 4.78 is 5.29. The van der Waals surface area contributed by atoms with Crippen molar-refractivity contribution in [3.63, 3.8) is 0 Å². The second-order valence-electron chi connectivity index (χ2n) is 5.84. The summed E-state index contributed by atoms with van der Waals surface area (Å²) in [7, 11) is 0. The zero-order valence-corrected chi connectivity index (χ0v) is 11.4. The first-order chi connectivity index (χ1) is 8.59. The number of rotatable bonds is 3. The Morgan fingerprint density at radius 1 is 1.39 bits per heavy atom. The van der Waals surface area contributed by atoms with Crippen molar-refractivity contribution in [3.8, 4) is 0 Å². The molecule has 1 amide bonds. The summed E-state index contributed by atoms with van der Waals surface area (Å²) in [5.41, 5.74) is 0. The Morgan fingerprint density at radius 3 is 2.78 bits per heavy atom. The van der Waals surface area contributed by atoms with Gasteiger partial charge in [-0.1, -0.05) is 13.8 Å². The number of nitrogens with zero attached hydrogens (tertiary/aromatic N) is 1. The molecular weight excluding hydrogens is 230 g/mol. The van der Waals surface area contributed by atoms with Crippen LogP contribution >= 0.6 is 0 Å². The third-order valence-electron chi connectivity index (χ3n) is 3.89. The molecule has 2 aliphatic rings. The van der Waals surface area contributed by atoms with Crippen LogP contribution in [0, 0.1) is 11.8 Å². The Kier molecular flexibility index (Phi) is 4.25. The van der Waals surface area contributed by atoms with Crippen molar-refractivity contribution in [1.82, 2.24) is 4.90 Å². The van der Waals surface area contributed by atoms with Crippen molar-refractivity contribution in [2.75, 3.05) is 13.2 Å². The van der Waals surface area contributed by atoms with E-state index in [0.29, 0.717) is 24.7 Å². The van der Waals surface area contributed by atoms with Gasteiger partial charge in [0, 0.05) is 24.9 Å². The molecule has 1 saturated heterocycles. The van der Waals surface area contributed by atoms with E-state index in [1.807, 2.05) is 13.8 Å². The topological polar surface area (TPSA) is 46.6 Å². The first-order valence-corrected chi connectivity index (χ1v) is 7.05. The Balaban J connectivity index is 1.94. The van der Waals surface area contributed by atoms with Crippen molar-refractivity contribution < 1.29 is 14.3 Å². The van der Waals surface area contributed by atoms with Gasteiger partial charge in [0.05, 0.1) is 6.61 Å². The largest absolute Gasteiger partial charge is 0.449 e. The fourth-order valence-electron chi connectivity index (χ4n) is 3.01. The highest BCUT2D eigenvalue weighted by Gasteiger charge is 2.40. The molecule has 0 N–H and O–H groups in total. The van der Waals surface area contributed by atoms with Gasteiger partial charge in [-0.25, -0.2) is 4.79 Å². The molecule has 4 nitrogen and oxygen atoms in total. The predicted octanol–water partition coefficient (Wildman–Crippen LogP) is 2.61. The van der Waals surface area contributed by atoms with E-state index in [-0.39, 0.29) is 18.1 Å². The standard InChI is InChI=1S/C14H23NO3/c1-10(2)9-18-14(17)15-8-4-6-12(15)11-5-3-7-13(11)16/h10-12H,3-9H2,1-2H3. The molecule has 0 radical (unpaired) electrons. The van der Waals surface area contributed by atoms with Crippen LogP contribution < -0.4 is 0 Å². The van der Waals surface area contributed by atoms with E-state index in [1.165, 1.54) is 0 Å². The maximum atomic E-state index is 12.0. The number of amides is 1. The molecule has 2 rings (SSSR count). The fourth-order valence-corrected chi connectivity index (χ4v) is 3.01. The first-order valence-electron chi connectivity index (χ1n) is 7.05. The second-order valence-corrected chi connectivity index (χ2v) is 5.84. The van der Waals surface area contributed by atoms with Gasteiger partial charge in [-0.3, -0.25) is 4.79 Å². The van der Waals surface area contributed by atoms with E-state index < -0.39 is 0 Å². The molecule has 2 unspecified atom stereocenters. The van der Waals surface area contributed by atoms with Gasteiger partial charge in [-0.2, -0.15) is 0 Å². The van der Waals surface area contributed by atoms with Gasteiger partial charge in [0.25, 0.3) is 0 Å². The van der Waals surface area contributed by atoms with Gasteiger partial charge < -0.3 is 9.64 Å². The zero-order chi connectivity index (χ0) is 13.1. The zero-order valence-electron chi connectivity index (χ0n) is 11.4. The van der Waals surface area contributed by atoms with Gasteiger partial charge >= 0.3 is 6.09 Å². The first kappa shape index (κ1) is 13.4. The highest BCUT2D eigenvalue weighted by molar-refractivity contribution is 5.84. The molecule has 2 atom stereocenters. The molecule has 0 aromatic heterocycles. The molecule has 2 fully saturated rings. The monoisotopic (exact) mass is 253 g/mol. The number of hydrogen-bond donors (Lipinski definition) is 0. The van der Waals surface area contributed by atoms with Gasteiger partial charge in [0.2, 0.25) is 0 Å². The third kappa shape index (κ3) is 2.85. The van der Waals surface area contributed by atoms with Crippen molar-refractivity contribution >= 4 is 11.9 Å². The Morgan fingerprint density at radius 2 is 2.17 bits per heavy atom. The molecule has 0 bridgehead atoms. The highest BCUT2D eigenvalue weighted by atomic mass is 16.6. The Bertz CT molecular complexity index is 327. The molecule has 0 aromatic rings. The minimum absolute atomic E-state index is 0.0686. The minimum Gasteiger partial charge on any atom is -0.449 e. The molecule has 1 aliphatic heterocycles. The smallest absolute Gasteiger partial charge is 0.410 e. The van der Waals surface area contributed by atoms with Gasteiger partial charge in [0.1, 0.15) is 5.78 Å². The Hall–Kier alpha value is -1.06. The van der Waals surface area contributed by atoms with E-state index in [2.05, 4.69) is 0 Å². The van der Waals surface area contributed by atoms with Crippen LogP contribution in [0.1, 0.15) is 46.0 Å². The summed E-state index contributed by atoms with van der Waals surface area (Å²) in [4.78, 5) is 25.6. The van der Waals surface area contributed by atoms with Gasteiger partial charge in [0.15, 0.2) is 0 Å². The van der Waals surface area contributed by atoms with Crippen LogP contribution in [0.3, 0.4) is 0 Å². The molecule has 1 aliphatic carbocycles. The summed E-state index contributed by atoms with van der Waals surface area (Å²) >= 11 is 0. The quantitative estimate of drug-likeness (QED) is 0.776. The number of Topliss-reactive ketones (excluding diaryl/α,β-unsaturated/α-hetero) is 1. The minimum atomic E-state index is -0.231. The normalized spacial score (nSPS) is 28.2. The molecule has 18 heavy (non-hydrogen) atoms. The lowest BCUT2D eigenvalue weighted by Gasteiger charge is -2.28. The third-order valence-corrected chi connectivity index (χ3v) is 3.89. The van der Waals surface area contributed by atoms with Crippen LogP contribution in [0.5, 0.6) is 0 Å². The van der Waals surface area contributed by atoms with Gasteiger partial charge in [-0.05, 0) is 31.6 Å². The van der Waals surface area contributed by atoms with E-state index in [0.717, 1.165) is 32.2 Å².